The van der Waals surface area contributed by atoms with E-state index in [0.717, 1.165) is 42.1 Å². The van der Waals surface area contributed by atoms with E-state index in [1.807, 2.05) is 39.0 Å². The predicted octanol–water partition coefficient (Wildman–Crippen LogP) is 5.00. The number of hydrogen-bond acceptors (Lipinski definition) is 6. The third-order valence-electron chi connectivity index (χ3n) is 4.23. The molecule has 0 atom stereocenters. The third kappa shape index (κ3) is 2.90. The monoisotopic (exact) mass is 387 g/mol. The molecule has 0 saturated heterocycles. The van der Waals surface area contributed by atoms with Crippen LogP contribution in [-0.2, 0) is 12.3 Å². The van der Waals surface area contributed by atoms with Crippen molar-refractivity contribution in [2.24, 2.45) is 0 Å². The van der Waals surface area contributed by atoms with Gasteiger partial charge in [-0.2, -0.15) is 0 Å². The van der Waals surface area contributed by atoms with Gasteiger partial charge in [0.15, 0.2) is 5.16 Å². The van der Waals surface area contributed by atoms with Gasteiger partial charge in [0.25, 0.3) is 5.56 Å². The molecule has 0 unspecified atom stereocenters. The van der Waals surface area contributed by atoms with Crippen LogP contribution in [0.15, 0.2) is 34.2 Å². The summed E-state index contributed by atoms with van der Waals surface area (Å²) in [5.41, 5.74) is 2.16. The molecular weight excluding hydrogens is 370 g/mol. The van der Waals surface area contributed by atoms with E-state index < -0.39 is 0 Å². The lowest BCUT2D eigenvalue weighted by molar-refractivity contribution is 0.635. The normalized spacial score (nSPS) is 11.6. The lowest BCUT2D eigenvalue weighted by Crippen LogP contribution is -2.22. The van der Waals surface area contributed by atoms with Crippen molar-refractivity contribution in [1.82, 2.24) is 14.5 Å². The van der Waals surface area contributed by atoms with Gasteiger partial charge in [0, 0.05) is 11.4 Å². The average molecular weight is 388 g/mol. The zero-order chi connectivity index (χ0) is 17.6. The summed E-state index contributed by atoms with van der Waals surface area (Å²) in [5, 5.41) is 2.61. The maximum Gasteiger partial charge on any atom is 0.263 e. The second-order valence-corrected chi connectivity index (χ2v) is 9.03. The minimum atomic E-state index is 0.0705. The summed E-state index contributed by atoms with van der Waals surface area (Å²) in [6.07, 6.45) is 0. The molecule has 0 amide bonds. The van der Waals surface area contributed by atoms with Crippen LogP contribution in [0.2, 0.25) is 0 Å². The van der Waals surface area contributed by atoms with Gasteiger partial charge < -0.3 is 0 Å². The molecular formula is C18H17N3OS3. The van der Waals surface area contributed by atoms with E-state index in [9.17, 15) is 4.79 Å². The lowest BCUT2D eigenvalue weighted by atomic mass is 10.2. The van der Waals surface area contributed by atoms with Gasteiger partial charge in [-0.1, -0.05) is 23.9 Å². The Bertz CT molecular complexity index is 1110. The van der Waals surface area contributed by atoms with Crippen molar-refractivity contribution >= 4 is 54.9 Å². The highest BCUT2D eigenvalue weighted by Crippen LogP contribution is 2.31. The van der Waals surface area contributed by atoms with Crippen molar-refractivity contribution in [2.75, 3.05) is 0 Å². The summed E-state index contributed by atoms with van der Waals surface area (Å²) in [6, 6.07) is 8.15. The summed E-state index contributed by atoms with van der Waals surface area (Å²) < 4.78 is 2.97. The van der Waals surface area contributed by atoms with Crippen LogP contribution in [0.5, 0.6) is 0 Å². The van der Waals surface area contributed by atoms with E-state index in [1.165, 1.54) is 4.70 Å². The molecule has 0 N–H and O–H groups in total. The first-order chi connectivity index (χ1) is 12.1. The van der Waals surface area contributed by atoms with E-state index in [-0.39, 0.29) is 5.56 Å². The minimum Gasteiger partial charge on any atom is -0.287 e. The number of aryl methyl sites for hydroxylation is 2. The van der Waals surface area contributed by atoms with Crippen LogP contribution in [0.3, 0.4) is 0 Å². The van der Waals surface area contributed by atoms with E-state index in [2.05, 4.69) is 11.1 Å². The number of thiophene rings is 1. The zero-order valence-corrected chi connectivity index (χ0v) is 16.6. The summed E-state index contributed by atoms with van der Waals surface area (Å²) >= 11 is 4.89. The number of para-hydroxylation sites is 1. The summed E-state index contributed by atoms with van der Waals surface area (Å²) in [5.74, 6) is 0.723. The van der Waals surface area contributed by atoms with Crippen molar-refractivity contribution in [3.05, 3.63) is 50.1 Å². The van der Waals surface area contributed by atoms with Crippen molar-refractivity contribution in [1.29, 1.82) is 0 Å². The first-order valence-electron chi connectivity index (χ1n) is 8.06. The number of nitrogens with zero attached hydrogens (tertiary/aromatic N) is 3. The maximum atomic E-state index is 12.9. The second kappa shape index (κ2) is 6.55. The largest absolute Gasteiger partial charge is 0.287 e. The number of fused-ring (bicyclic) bond motifs is 2. The Labute approximate surface area is 157 Å². The van der Waals surface area contributed by atoms with Crippen LogP contribution in [0.1, 0.15) is 22.4 Å². The minimum absolute atomic E-state index is 0.0705. The Balaban J connectivity index is 1.72. The fraction of sp³-hybridized carbons (Fsp3) is 0.278. The topological polar surface area (TPSA) is 47.8 Å². The molecule has 4 rings (SSSR count). The van der Waals surface area contributed by atoms with Gasteiger partial charge >= 0.3 is 0 Å². The number of hydrogen-bond donors (Lipinski definition) is 0. The first-order valence-corrected chi connectivity index (χ1v) is 10.7. The Hall–Kier alpha value is -1.70. The molecule has 0 aliphatic heterocycles. The van der Waals surface area contributed by atoms with E-state index >= 15 is 0 Å². The summed E-state index contributed by atoms with van der Waals surface area (Å²) in [6.45, 7) is 6.67. The van der Waals surface area contributed by atoms with Gasteiger partial charge in [0.2, 0.25) is 0 Å². The smallest absolute Gasteiger partial charge is 0.263 e. The Morgan fingerprint density at radius 1 is 1.16 bits per heavy atom. The van der Waals surface area contributed by atoms with Crippen LogP contribution in [0.25, 0.3) is 20.4 Å². The zero-order valence-electron chi connectivity index (χ0n) is 14.2. The van der Waals surface area contributed by atoms with Gasteiger partial charge in [0.05, 0.1) is 21.4 Å². The van der Waals surface area contributed by atoms with Gasteiger partial charge in [-0.3, -0.25) is 9.36 Å². The molecule has 0 bridgehead atoms. The van der Waals surface area contributed by atoms with Gasteiger partial charge in [-0.15, -0.1) is 22.7 Å². The number of thioether (sulfide) groups is 1. The highest BCUT2D eigenvalue weighted by atomic mass is 32.2. The fourth-order valence-electron chi connectivity index (χ4n) is 2.81. The molecule has 0 aliphatic carbocycles. The molecule has 3 aromatic heterocycles. The van der Waals surface area contributed by atoms with Gasteiger partial charge in [-0.05, 0) is 38.5 Å². The molecule has 0 aliphatic rings. The second-order valence-electron chi connectivity index (χ2n) is 5.77. The molecule has 0 spiro atoms. The first kappa shape index (κ1) is 16.8. The SMILES string of the molecule is CCn1c(SCc2nc3ccccc3s2)nc2sc(C)c(C)c2c1=O. The van der Waals surface area contributed by atoms with Crippen LogP contribution >= 0.6 is 34.4 Å². The Morgan fingerprint density at radius 3 is 2.72 bits per heavy atom. The standard InChI is InChI=1S/C18H17N3OS3/c1-4-21-17(22)15-10(2)11(3)24-16(15)20-18(21)23-9-14-19-12-7-5-6-8-13(12)25-14/h5-8H,4,9H2,1-3H3. The van der Waals surface area contributed by atoms with Gasteiger partial charge in [-0.25, -0.2) is 9.97 Å². The lowest BCUT2D eigenvalue weighted by Gasteiger charge is -2.09. The van der Waals surface area contributed by atoms with Crippen LogP contribution < -0.4 is 5.56 Å². The number of rotatable bonds is 4. The molecule has 1 aromatic carbocycles. The number of aromatic nitrogens is 3. The molecule has 128 valence electrons. The Kier molecular flexibility index (Phi) is 4.39. The molecule has 4 aromatic rings. The summed E-state index contributed by atoms with van der Waals surface area (Å²) in [7, 11) is 0. The highest BCUT2D eigenvalue weighted by Gasteiger charge is 2.16. The van der Waals surface area contributed by atoms with E-state index in [1.54, 1.807) is 39.0 Å². The molecule has 4 nitrogen and oxygen atoms in total. The molecule has 7 heteroatoms. The van der Waals surface area contributed by atoms with E-state index in [0.29, 0.717) is 6.54 Å². The molecule has 0 fully saturated rings. The molecule has 3 heterocycles. The number of thiazole rings is 1. The number of benzene rings is 1. The molecule has 0 saturated carbocycles. The molecule has 25 heavy (non-hydrogen) atoms. The van der Waals surface area contributed by atoms with Crippen LogP contribution in [0, 0.1) is 13.8 Å². The van der Waals surface area contributed by atoms with Crippen LogP contribution in [0.4, 0.5) is 0 Å². The predicted molar refractivity (Wildman–Crippen MR) is 108 cm³/mol. The van der Waals surface area contributed by atoms with Gasteiger partial charge in [0.1, 0.15) is 9.84 Å². The van der Waals surface area contributed by atoms with Crippen molar-refractivity contribution in [3.63, 3.8) is 0 Å². The molecule has 0 radical (unpaired) electrons. The average Bonchev–Trinajstić information content (AvgIpc) is 3.14. The van der Waals surface area contributed by atoms with Crippen molar-refractivity contribution < 1.29 is 0 Å². The fourth-order valence-corrected chi connectivity index (χ4v) is 5.90. The third-order valence-corrected chi connectivity index (χ3v) is 7.54. The quantitative estimate of drug-likeness (QED) is 0.365. The highest BCUT2D eigenvalue weighted by molar-refractivity contribution is 7.98. The van der Waals surface area contributed by atoms with E-state index in [4.69, 9.17) is 4.98 Å². The van der Waals surface area contributed by atoms with Crippen molar-refractivity contribution in [3.8, 4) is 0 Å². The summed E-state index contributed by atoms with van der Waals surface area (Å²) in [4.78, 5) is 24.3. The maximum absolute atomic E-state index is 12.9. The van der Waals surface area contributed by atoms with Crippen LogP contribution in [-0.4, -0.2) is 14.5 Å². The van der Waals surface area contributed by atoms with Crippen molar-refractivity contribution in [2.45, 2.75) is 38.2 Å². The Morgan fingerprint density at radius 2 is 1.96 bits per heavy atom.